The number of piperidine rings is 1. The van der Waals surface area contributed by atoms with Crippen LogP contribution in [-0.4, -0.2) is 64.1 Å². The maximum absolute atomic E-state index is 13.0. The van der Waals surface area contributed by atoms with Crippen molar-refractivity contribution in [2.45, 2.75) is 31.0 Å². The van der Waals surface area contributed by atoms with Crippen molar-refractivity contribution in [3.8, 4) is 5.69 Å². The van der Waals surface area contributed by atoms with Crippen molar-refractivity contribution >= 4 is 16.9 Å². The maximum atomic E-state index is 13.0. The first-order chi connectivity index (χ1) is 13.2. The van der Waals surface area contributed by atoms with Crippen LogP contribution in [0.1, 0.15) is 23.2 Å². The highest BCUT2D eigenvalue weighted by Crippen LogP contribution is 2.30. The molecule has 140 valence electrons. The molecule has 2 aromatic heterocycles. The Morgan fingerprint density at radius 2 is 2.04 bits per heavy atom. The molecule has 3 atom stereocenters. The largest absolute Gasteiger partial charge is 0.459 e. The molecular formula is C20H22N4O3. The first-order valence-electron chi connectivity index (χ1n) is 9.30. The van der Waals surface area contributed by atoms with Gasteiger partial charge in [-0.15, -0.1) is 0 Å². The number of aromatic nitrogens is 3. The highest BCUT2D eigenvalue weighted by Gasteiger charge is 2.38. The molecule has 0 amide bonds. The van der Waals surface area contributed by atoms with Crippen molar-refractivity contribution in [1.29, 1.82) is 0 Å². The Labute approximate surface area is 156 Å². The lowest BCUT2D eigenvalue weighted by Gasteiger charge is -2.46. The third-order valence-corrected chi connectivity index (χ3v) is 5.81. The number of likely N-dealkylation sites (N-methyl/N-ethyl adjacent to an activating group) is 1. The fourth-order valence-electron chi connectivity index (χ4n) is 4.29. The van der Waals surface area contributed by atoms with Crippen LogP contribution in [0.4, 0.5) is 0 Å². The molecule has 2 aliphatic heterocycles. The van der Waals surface area contributed by atoms with E-state index in [2.05, 4.69) is 22.1 Å². The van der Waals surface area contributed by atoms with E-state index in [1.54, 1.807) is 12.4 Å². The van der Waals surface area contributed by atoms with E-state index >= 15 is 0 Å². The zero-order valence-electron chi connectivity index (χ0n) is 15.2. The monoisotopic (exact) mass is 366 g/mol. The van der Waals surface area contributed by atoms with Crippen molar-refractivity contribution in [2.75, 3.05) is 20.3 Å². The van der Waals surface area contributed by atoms with Crippen LogP contribution in [0.5, 0.6) is 0 Å². The molecule has 0 aliphatic carbocycles. The minimum atomic E-state index is -0.262. The van der Waals surface area contributed by atoms with Crippen LogP contribution in [0.2, 0.25) is 0 Å². The van der Waals surface area contributed by atoms with E-state index in [-0.39, 0.29) is 12.1 Å². The Hall–Kier alpha value is -2.64. The second kappa shape index (κ2) is 6.51. The highest BCUT2D eigenvalue weighted by atomic mass is 16.5. The molecule has 7 heteroatoms. The normalized spacial score (nSPS) is 25.6. The molecule has 1 aromatic carbocycles. The quantitative estimate of drug-likeness (QED) is 0.721. The van der Waals surface area contributed by atoms with Gasteiger partial charge in [0.2, 0.25) is 0 Å². The van der Waals surface area contributed by atoms with Crippen LogP contribution in [0, 0.1) is 0 Å². The van der Waals surface area contributed by atoms with Crippen LogP contribution >= 0.6 is 0 Å². The number of benzene rings is 1. The van der Waals surface area contributed by atoms with Crippen LogP contribution in [0.15, 0.2) is 42.9 Å². The molecule has 27 heavy (non-hydrogen) atoms. The van der Waals surface area contributed by atoms with Crippen molar-refractivity contribution in [3.63, 3.8) is 0 Å². The minimum Gasteiger partial charge on any atom is -0.459 e. The summed E-state index contributed by atoms with van der Waals surface area (Å²) in [6.07, 6.45) is 6.96. The van der Waals surface area contributed by atoms with Crippen LogP contribution in [0.3, 0.4) is 0 Å². The summed E-state index contributed by atoms with van der Waals surface area (Å²) in [7, 11) is 2.13. The van der Waals surface area contributed by atoms with Crippen molar-refractivity contribution in [1.82, 2.24) is 19.7 Å². The van der Waals surface area contributed by atoms with Gasteiger partial charge in [0, 0.05) is 42.7 Å². The van der Waals surface area contributed by atoms with Crippen LogP contribution in [0.25, 0.3) is 16.6 Å². The van der Waals surface area contributed by atoms with Gasteiger partial charge in [-0.25, -0.2) is 4.79 Å². The topological polar surface area (TPSA) is 72.4 Å². The Kier molecular flexibility index (Phi) is 3.98. The average Bonchev–Trinajstić information content (AvgIpc) is 3.30. The van der Waals surface area contributed by atoms with Gasteiger partial charge in [0.15, 0.2) is 0 Å². The van der Waals surface area contributed by atoms with Crippen LogP contribution < -0.4 is 0 Å². The number of nitrogens with zero attached hydrogens (tertiary/aromatic N) is 3. The standard InChI is InChI=1S/C20H22N4O3/c1-23-13-6-16(7-14(23)12-26-11-13)27-20(25)18-10-24(15-8-21-22-9-15)19-5-3-2-4-17(18)19/h2-5,8-10,13-14,16H,6-7,11-12H2,1H3,(H,21,22)/t13-,14+,16?. The Morgan fingerprint density at radius 3 is 2.78 bits per heavy atom. The lowest BCUT2D eigenvalue weighted by atomic mass is 9.92. The first-order valence-corrected chi connectivity index (χ1v) is 9.30. The van der Waals surface area contributed by atoms with Gasteiger partial charge < -0.3 is 14.0 Å². The Morgan fingerprint density at radius 1 is 1.26 bits per heavy atom. The number of carbonyl (C=O) groups is 1. The summed E-state index contributed by atoms with van der Waals surface area (Å²) in [4.78, 5) is 15.4. The highest BCUT2D eigenvalue weighted by molar-refractivity contribution is 6.05. The Bertz CT molecular complexity index is 951. The number of nitrogens with one attached hydrogen (secondary N) is 1. The number of rotatable bonds is 3. The molecule has 1 unspecified atom stereocenters. The number of H-pyrrole nitrogens is 1. The lowest BCUT2D eigenvalue weighted by Crippen LogP contribution is -2.56. The fourth-order valence-corrected chi connectivity index (χ4v) is 4.29. The fraction of sp³-hybridized carbons (Fsp3) is 0.400. The molecular weight excluding hydrogens is 344 g/mol. The predicted octanol–water partition coefficient (Wildman–Crippen LogP) is 2.37. The van der Waals surface area contributed by atoms with Gasteiger partial charge in [-0.05, 0) is 13.1 Å². The summed E-state index contributed by atoms with van der Waals surface area (Å²) in [5.41, 5.74) is 2.43. The molecule has 7 nitrogen and oxygen atoms in total. The lowest BCUT2D eigenvalue weighted by molar-refractivity contribution is -0.0970. The van der Waals surface area contributed by atoms with Gasteiger partial charge in [0.25, 0.3) is 0 Å². The van der Waals surface area contributed by atoms with E-state index in [9.17, 15) is 4.79 Å². The SMILES string of the molecule is CN1[C@@H]2COC[C@H]1CC(OC(=O)c1cn(-c3cn[nH]c3)c3ccccc13)C2. The second-order valence-corrected chi connectivity index (χ2v) is 7.40. The minimum absolute atomic E-state index is 0.0661. The van der Waals surface area contributed by atoms with E-state index in [4.69, 9.17) is 9.47 Å². The third kappa shape index (κ3) is 2.83. The molecule has 1 N–H and O–H groups in total. The van der Waals surface area contributed by atoms with Crippen molar-refractivity contribution in [3.05, 3.63) is 48.4 Å². The van der Waals surface area contributed by atoms with Gasteiger partial charge in [0.05, 0.1) is 36.2 Å². The number of carbonyl (C=O) groups excluding carboxylic acids is 1. The number of hydrogen-bond acceptors (Lipinski definition) is 5. The van der Waals surface area contributed by atoms with Gasteiger partial charge >= 0.3 is 5.97 Å². The van der Waals surface area contributed by atoms with E-state index < -0.39 is 0 Å². The number of ether oxygens (including phenoxy) is 2. The predicted molar refractivity (Wildman–Crippen MR) is 100 cm³/mol. The van der Waals surface area contributed by atoms with E-state index in [0.29, 0.717) is 30.9 Å². The first kappa shape index (κ1) is 16.5. The van der Waals surface area contributed by atoms with Crippen molar-refractivity contribution in [2.24, 2.45) is 0 Å². The third-order valence-electron chi connectivity index (χ3n) is 5.81. The van der Waals surface area contributed by atoms with Crippen LogP contribution in [-0.2, 0) is 9.47 Å². The van der Waals surface area contributed by atoms with Gasteiger partial charge in [-0.1, -0.05) is 18.2 Å². The maximum Gasteiger partial charge on any atom is 0.340 e. The van der Waals surface area contributed by atoms with Crippen molar-refractivity contribution < 1.29 is 14.3 Å². The molecule has 2 bridgehead atoms. The molecule has 2 aliphatic rings. The molecule has 2 saturated heterocycles. The van der Waals surface area contributed by atoms with Gasteiger partial charge in [-0.2, -0.15) is 5.10 Å². The molecule has 0 spiro atoms. The van der Waals surface area contributed by atoms with E-state index in [1.807, 2.05) is 35.0 Å². The second-order valence-electron chi connectivity index (χ2n) is 7.40. The summed E-state index contributed by atoms with van der Waals surface area (Å²) in [6.45, 7) is 1.42. The molecule has 0 radical (unpaired) electrons. The summed E-state index contributed by atoms with van der Waals surface area (Å²) < 4.78 is 13.6. The van der Waals surface area contributed by atoms with E-state index in [0.717, 1.165) is 29.4 Å². The number of hydrogen-bond donors (Lipinski definition) is 1. The summed E-state index contributed by atoms with van der Waals surface area (Å²) >= 11 is 0. The number of esters is 1. The number of morpholine rings is 1. The zero-order chi connectivity index (χ0) is 18.4. The molecule has 5 rings (SSSR count). The average molecular weight is 366 g/mol. The Balaban J connectivity index is 1.43. The molecule has 0 saturated carbocycles. The van der Waals surface area contributed by atoms with Gasteiger partial charge in [-0.3, -0.25) is 10.00 Å². The summed E-state index contributed by atoms with van der Waals surface area (Å²) in [6, 6.07) is 8.50. The number of aromatic amines is 1. The molecule has 3 aromatic rings. The number of para-hydroxylation sites is 1. The van der Waals surface area contributed by atoms with Gasteiger partial charge in [0.1, 0.15) is 6.10 Å². The molecule has 4 heterocycles. The zero-order valence-corrected chi connectivity index (χ0v) is 15.2. The molecule has 2 fully saturated rings. The number of fused-ring (bicyclic) bond motifs is 3. The smallest absolute Gasteiger partial charge is 0.340 e. The summed E-state index contributed by atoms with van der Waals surface area (Å²) in [5.74, 6) is -0.262. The summed E-state index contributed by atoms with van der Waals surface area (Å²) in [5, 5.41) is 7.72. The van der Waals surface area contributed by atoms with E-state index in [1.165, 1.54) is 0 Å².